The van der Waals surface area contributed by atoms with Crippen LogP contribution in [0.15, 0.2) is 45.3 Å². The van der Waals surface area contributed by atoms with Crippen LogP contribution in [0.1, 0.15) is 5.76 Å². The Hall–Kier alpha value is -2.52. The third-order valence-corrected chi connectivity index (χ3v) is 3.52. The maximum absolute atomic E-state index is 13.6. The number of hydrogen-bond acceptors (Lipinski definition) is 4. The van der Waals surface area contributed by atoms with E-state index in [-0.39, 0.29) is 27.4 Å². The molecule has 0 saturated heterocycles. The number of anilines is 1. The van der Waals surface area contributed by atoms with Crippen molar-refractivity contribution in [2.75, 3.05) is 5.73 Å². The number of para-hydroxylation sites is 1. The zero-order valence-electron chi connectivity index (χ0n) is 10.6. The molecule has 2 aromatic carbocycles. The van der Waals surface area contributed by atoms with Gasteiger partial charge in [-0.2, -0.15) is 5.26 Å². The molecule has 4 nitrogen and oxygen atoms in total. The van der Waals surface area contributed by atoms with Crippen LogP contribution in [0.25, 0.3) is 11.0 Å². The Kier molecular flexibility index (Phi) is 3.28. The van der Waals surface area contributed by atoms with E-state index in [2.05, 4.69) is 15.9 Å². The van der Waals surface area contributed by atoms with Gasteiger partial charge in [0.15, 0.2) is 11.5 Å². The average Bonchev–Trinajstić information content (AvgIpc) is 2.83. The maximum atomic E-state index is 13.6. The summed E-state index contributed by atoms with van der Waals surface area (Å²) >= 11 is 3.04. The normalized spacial score (nSPS) is 10.5. The summed E-state index contributed by atoms with van der Waals surface area (Å²) in [6.45, 7) is 0. The Morgan fingerprint density at radius 3 is 2.81 bits per heavy atom. The summed E-state index contributed by atoms with van der Waals surface area (Å²) in [4.78, 5) is 0. The van der Waals surface area contributed by atoms with Gasteiger partial charge in [0, 0.05) is 6.07 Å². The molecule has 0 unspecified atom stereocenters. The second-order valence-corrected chi connectivity index (χ2v) is 5.13. The molecule has 0 spiro atoms. The predicted molar refractivity (Wildman–Crippen MR) is 79.5 cm³/mol. The van der Waals surface area contributed by atoms with Crippen LogP contribution in [0.4, 0.5) is 10.1 Å². The summed E-state index contributed by atoms with van der Waals surface area (Å²) in [5.41, 5.74) is 6.57. The zero-order chi connectivity index (χ0) is 15.0. The lowest BCUT2D eigenvalue weighted by molar-refractivity contribution is 0.464. The van der Waals surface area contributed by atoms with E-state index in [9.17, 15) is 4.39 Å². The highest BCUT2D eigenvalue weighted by atomic mass is 79.9. The van der Waals surface area contributed by atoms with Gasteiger partial charge < -0.3 is 14.9 Å². The van der Waals surface area contributed by atoms with Crippen molar-refractivity contribution >= 4 is 32.6 Å². The number of furan rings is 1. The van der Waals surface area contributed by atoms with E-state index in [0.717, 1.165) is 6.07 Å². The SMILES string of the molecule is N#Cc1oc2ccccc2c1Oc1cc(F)c(Br)cc1N. The first-order valence-electron chi connectivity index (χ1n) is 5.94. The van der Waals surface area contributed by atoms with E-state index in [0.29, 0.717) is 11.0 Å². The van der Waals surface area contributed by atoms with Gasteiger partial charge in [0.05, 0.1) is 15.5 Å². The Morgan fingerprint density at radius 2 is 2.05 bits per heavy atom. The monoisotopic (exact) mass is 346 g/mol. The van der Waals surface area contributed by atoms with Crippen molar-refractivity contribution in [3.05, 3.63) is 52.4 Å². The highest BCUT2D eigenvalue weighted by Crippen LogP contribution is 2.38. The van der Waals surface area contributed by atoms with Crippen molar-refractivity contribution in [2.24, 2.45) is 0 Å². The van der Waals surface area contributed by atoms with Crippen LogP contribution in [0.5, 0.6) is 11.5 Å². The summed E-state index contributed by atoms with van der Waals surface area (Å²) in [5.74, 6) is -0.148. The topological polar surface area (TPSA) is 72.2 Å². The van der Waals surface area contributed by atoms with E-state index in [1.165, 1.54) is 6.07 Å². The fraction of sp³-hybridized carbons (Fsp3) is 0. The van der Waals surface area contributed by atoms with Crippen molar-refractivity contribution in [1.29, 1.82) is 5.26 Å². The molecular weight excluding hydrogens is 339 g/mol. The minimum atomic E-state index is -0.509. The molecule has 104 valence electrons. The number of halogens is 2. The van der Waals surface area contributed by atoms with Crippen LogP contribution >= 0.6 is 15.9 Å². The lowest BCUT2D eigenvalue weighted by atomic mass is 10.2. The molecule has 0 aliphatic rings. The summed E-state index contributed by atoms with van der Waals surface area (Å²) in [7, 11) is 0. The second kappa shape index (κ2) is 5.11. The highest BCUT2D eigenvalue weighted by Gasteiger charge is 2.18. The number of hydrogen-bond donors (Lipinski definition) is 1. The number of nitriles is 1. The largest absolute Gasteiger partial charge is 0.450 e. The molecule has 6 heteroatoms. The van der Waals surface area contributed by atoms with Crippen molar-refractivity contribution in [1.82, 2.24) is 0 Å². The van der Waals surface area contributed by atoms with Gasteiger partial charge in [-0.25, -0.2) is 4.39 Å². The molecule has 21 heavy (non-hydrogen) atoms. The third kappa shape index (κ3) is 2.32. The Bertz CT molecular complexity index is 883. The van der Waals surface area contributed by atoms with E-state index in [1.54, 1.807) is 24.3 Å². The van der Waals surface area contributed by atoms with Crippen molar-refractivity contribution in [3.8, 4) is 17.6 Å². The van der Waals surface area contributed by atoms with E-state index in [1.807, 2.05) is 6.07 Å². The number of rotatable bonds is 2. The van der Waals surface area contributed by atoms with Gasteiger partial charge in [-0.1, -0.05) is 12.1 Å². The van der Waals surface area contributed by atoms with Gasteiger partial charge in [0.2, 0.25) is 5.76 Å². The van der Waals surface area contributed by atoms with Crippen molar-refractivity contribution < 1.29 is 13.5 Å². The van der Waals surface area contributed by atoms with Crippen LogP contribution < -0.4 is 10.5 Å². The van der Waals surface area contributed by atoms with Crippen LogP contribution in [0.2, 0.25) is 0 Å². The summed E-state index contributed by atoms with van der Waals surface area (Å²) in [5, 5.41) is 9.75. The van der Waals surface area contributed by atoms with Crippen LogP contribution in [-0.2, 0) is 0 Å². The molecular formula is C15H8BrFN2O2. The van der Waals surface area contributed by atoms with E-state index < -0.39 is 5.82 Å². The third-order valence-electron chi connectivity index (χ3n) is 2.92. The van der Waals surface area contributed by atoms with Gasteiger partial charge in [0.1, 0.15) is 17.5 Å². The molecule has 0 bridgehead atoms. The molecule has 0 aliphatic heterocycles. The first-order valence-corrected chi connectivity index (χ1v) is 6.73. The molecule has 3 aromatic rings. The lowest BCUT2D eigenvalue weighted by Crippen LogP contribution is -1.94. The first-order chi connectivity index (χ1) is 10.1. The number of benzene rings is 2. The van der Waals surface area contributed by atoms with Gasteiger partial charge in [-0.15, -0.1) is 0 Å². The average molecular weight is 347 g/mol. The predicted octanol–water partition coefficient (Wildman–Crippen LogP) is 4.58. The molecule has 0 amide bonds. The molecule has 0 saturated carbocycles. The molecule has 1 heterocycles. The molecule has 1 aromatic heterocycles. The summed E-state index contributed by atoms with van der Waals surface area (Å²) < 4.78 is 24.9. The molecule has 0 atom stereocenters. The zero-order valence-corrected chi connectivity index (χ0v) is 12.1. The quantitative estimate of drug-likeness (QED) is 0.689. The van der Waals surface area contributed by atoms with Gasteiger partial charge in [-0.3, -0.25) is 0 Å². The van der Waals surface area contributed by atoms with E-state index in [4.69, 9.17) is 20.1 Å². The van der Waals surface area contributed by atoms with E-state index >= 15 is 0 Å². The fourth-order valence-corrected chi connectivity index (χ4v) is 2.30. The minimum Gasteiger partial charge on any atom is -0.450 e. The van der Waals surface area contributed by atoms with Crippen LogP contribution in [0.3, 0.4) is 0 Å². The molecule has 0 radical (unpaired) electrons. The number of nitrogens with zero attached hydrogens (tertiary/aromatic N) is 1. The van der Waals surface area contributed by atoms with Gasteiger partial charge in [0.25, 0.3) is 0 Å². The Balaban J connectivity index is 2.14. The molecule has 0 aliphatic carbocycles. The number of nitrogen functional groups attached to an aromatic ring is 1. The van der Waals surface area contributed by atoms with Crippen LogP contribution in [0, 0.1) is 17.1 Å². The molecule has 0 fully saturated rings. The van der Waals surface area contributed by atoms with Gasteiger partial charge in [-0.05, 0) is 34.1 Å². The highest BCUT2D eigenvalue weighted by molar-refractivity contribution is 9.10. The molecule has 3 rings (SSSR count). The Morgan fingerprint density at radius 1 is 1.29 bits per heavy atom. The molecule has 2 N–H and O–H groups in total. The van der Waals surface area contributed by atoms with Crippen molar-refractivity contribution in [2.45, 2.75) is 0 Å². The maximum Gasteiger partial charge on any atom is 0.247 e. The number of nitrogens with two attached hydrogens (primary N) is 1. The number of fused-ring (bicyclic) bond motifs is 1. The number of ether oxygens (including phenoxy) is 1. The lowest BCUT2D eigenvalue weighted by Gasteiger charge is -2.08. The Labute approximate surface area is 127 Å². The first kappa shape index (κ1) is 13.5. The summed E-state index contributed by atoms with van der Waals surface area (Å²) in [6.07, 6.45) is 0. The second-order valence-electron chi connectivity index (χ2n) is 4.27. The van der Waals surface area contributed by atoms with Gasteiger partial charge >= 0.3 is 0 Å². The van der Waals surface area contributed by atoms with Crippen LogP contribution in [-0.4, -0.2) is 0 Å². The summed E-state index contributed by atoms with van der Waals surface area (Å²) in [6, 6.07) is 11.5. The van der Waals surface area contributed by atoms with Crippen molar-refractivity contribution in [3.63, 3.8) is 0 Å². The minimum absolute atomic E-state index is 0.0129. The fourth-order valence-electron chi connectivity index (χ4n) is 1.94. The smallest absolute Gasteiger partial charge is 0.247 e. The standard InChI is InChI=1S/C15H8BrFN2O2/c16-9-5-11(19)13(6-10(9)17)21-15-8-3-1-2-4-12(8)20-14(15)7-18/h1-6H,19H2.